The van der Waals surface area contributed by atoms with Crippen LogP contribution in [0, 0.1) is 5.41 Å². The van der Waals surface area contributed by atoms with Gasteiger partial charge < -0.3 is 10.6 Å². The van der Waals surface area contributed by atoms with Crippen LogP contribution < -0.4 is 10.6 Å². The van der Waals surface area contributed by atoms with E-state index in [2.05, 4.69) is 4.98 Å². The maximum Gasteiger partial charge on any atom is 0.244 e. The number of hydrogen-bond acceptors (Lipinski definition) is 5. The summed E-state index contributed by atoms with van der Waals surface area (Å²) in [5, 5.41) is 3.66. The number of ketones is 1. The van der Waals surface area contributed by atoms with Crippen molar-refractivity contribution < 1.29 is 14.4 Å². The Morgan fingerprint density at radius 2 is 2.08 bits per heavy atom. The zero-order valence-corrected chi connectivity index (χ0v) is 15.2. The fraction of sp³-hybridized carbons (Fsp3) is 0.294. The average Bonchev–Trinajstić information content (AvgIpc) is 3.14. The van der Waals surface area contributed by atoms with Crippen molar-refractivity contribution in [3.8, 4) is 0 Å². The smallest absolute Gasteiger partial charge is 0.244 e. The predicted molar refractivity (Wildman–Crippen MR) is 96.0 cm³/mol. The maximum atomic E-state index is 13.0. The molecule has 3 heterocycles. The number of fused-ring (bicyclic) bond motifs is 1. The van der Waals surface area contributed by atoms with Crippen molar-refractivity contribution in [1.82, 2.24) is 4.98 Å². The van der Waals surface area contributed by atoms with E-state index in [-0.39, 0.29) is 17.5 Å². The minimum absolute atomic E-state index is 0.0604. The Labute approximate surface area is 153 Å². The Morgan fingerprint density at radius 1 is 1.36 bits per heavy atom. The lowest BCUT2D eigenvalue weighted by Crippen LogP contribution is -2.44. The van der Waals surface area contributed by atoms with Gasteiger partial charge in [-0.25, -0.2) is 4.98 Å². The summed E-state index contributed by atoms with van der Waals surface area (Å²) >= 11 is 7.35. The number of thiophene rings is 1. The Morgan fingerprint density at radius 3 is 2.68 bits per heavy atom. The number of Topliss-reactive ketones (excluding diaryl/α,β-unsaturated/α-hetero) is 1. The number of nitrogens with two attached hydrogens (primary N) is 1. The summed E-state index contributed by atoms with van der Waals surface area (Å²) < 4.78 is 0. The minimum Gasteiger partial charge on any atom is -0.369 e. The number of hydrogen-bond donors (Lipinski definition) is 1. The van der Waals surface area contributed by atoms with Crippen LogP contribution in [0.25, 0.3) is 0 Å². The van der Waals surface area contributed by atoms with Crippen LogP contribution in [0.1, 0.15) is 35.8 Å². The molecule has 2 N–H and O–H groups in total. The molecule has 1 atom stereocenters. The second-order valence-electron chi connectivity index (χ2n) is 6.52. The van der Waals surface area contributed by atoms with Crippen LogP contribution in [0.15, 0.2) is 29.0 Å². The number of pyridine rings is 1. The zero-order valence-electron chi connectivity index (χ0n) is 13.7. The van der Waals surface area contributed by atoms with Gasteiger partial charge in [0.15, 0.2) is 5.78 Å². The highest BCUT2D eigenvalue weighted by Crippen LogP contribution is 2.40. The summed E-state index contributed by atoms with van der Waals surface area (Å²) in [5.41, 5.74) is 5.73. The molecule has 2 aromatic rings. The molecule has 0 saturated heterocycles. The molecule has 2 aromatic heterocycles. The van der Waals surface area contributed by atoms with Gasteiger partial charge in [-0.15, -0.1) is 0 Å². The largest absolute Gasteiger partial charge is 0.369 e. The molecule has 130 valence electrons. The van der Waals surface area contributed by atoms with Crippen LogP contribution in [0.4, 0.5) is 5.69 Å². The van der Waals surface area contributed by atoms with Crippen LogP contribution in [0.5, 0.6) is 0 Å². The van der Waals surface area contributed by atoms with Gasteiger partial charge >= 0.3 is 0 Å². The normalized spacial score (nSPS) is 16.8. The molecule has 25 heavy (non-hydrogen) atoms. The number of carbonyl (C=O) groups is 3. The quantitative estimate of drug-likeness (QED) is 0.492. The molecule has 0 bridgehead atoms. The van der Waals surface area contributed by atoms with E-state index in [1.807, 2.05) is 0 Å². The number of carbonyl (C=O) groups excluding carboxylic acids is 3. The van der Waals surface area contributed by atoms with Crippen molar-refractivity contribution >= 4 is 46.2 Å². The van der Waals surface area contributed by atoms with Gasteiger partial charge in [-0.1, -0.05) is 11.6 Å². The third-order valence-electron chi connectivity index (χ3n) is 4.23. The molecule has 6 nitrogen and oxygen atoms in total. The minimum atomic E-state index is -1.06. The number of aromatic nitrogens is 1. The molecular weight excluding hydrogens is 362 g/mol. The predicted octanol–water partition coefficient (Wildman–Crippen LogP) is 2.62. The van der Waals surface area contributed by atoms with Gasteiger partial charge in [0, 0.05) is 17.5 Å². The third-order valence-corrected chi connectivity index (χ3v) is 5.13. The molecule has 0 aliphatic carbocycles. The first-order chi connectivity index (χ1) is 11.7. The van der Waals surface area contributed by atoms with E-state index in [0.717, 1.165) is 0 Å². The number of amides is 2. The SMILES string of the molecule is CC(C)(CN1C(=O)C(C(=O)c2ccsc2)c2nc(Cl)ccc21)C(N)=O. The molecule has 0 aromatic carbocycles. The summed E-state index contributed by atoms with van der Waals surface area (Å²) in [6, 6.07) is 4.86. The highest BCUT2D eigenvalue weighted by molar-refractivity contribution is 7.08. The maximum absolute atomic E-state index is 13.0. The van der Waals surface area contributed by atoms with E-state index in [4.69, 9.17) is 17.3 Å². The molecule has 1 aliphatic rings. The Balaban J connectivity index is 2.05. The zero-order chi connectivity index (χ0) is 18.4. The first-order valence-electron chi connectivity index (χ1n) is 7.56. The van der Waals surface area contributed by atoms with Crippen LogP contribution in [-0.4, -0.2) is 29.1 Å². The van der Waals surface area contributed by atoms with Gasteiger partial charge in [0.1, 0.15) is 11.1 Å². The van der Waals surface area contributed by atoms with Crippen molar-refractivity contribution in [2.45, 2.75) is 19.8 Å². The molecule has 0 fully saturated rings. The summed E-state index contributed by atoms with van der Waals surface area (Å²) in [5.74, 6) is -2.35. The topological polar surface area (TPSA) is 93.4 Å². The fourth-order valence-electron chi connectivity index (χ4n) is 2.72. The highest BCUT2D eigenvalue weighted by atomic mass is 35.5. The van der Waals surface area contributed by atoms with Gasteiger partial charge in [0.2, 0.25) is 11.8 Å². The van der Waals surface area contributed by atoms with Crippen LogP contribution >= 0.6 is 22.9 Å². The Hall–Kier alpha value is -2.25. The summed E-state index contributed by atoms with van der Waals surface area (Å²) in [4.78, 5) is 43.1. The van der Waals surface area contributed by atoms with Gasteiger partial charge in [0.25, 0.3) is 0 Å². The number of primary amides is 1. The van der Waals surface area contributed by atoms with E-state index < -0.39 is 23.1 Å². The third kappa shape index (κ3) is 3.05. The lowest BCUT2D eigenvalue weighted by Gasteiger charge is -2.27. The Kier molecular flexibility index (Phi) is 4.38. The summed E-state index contributed by atoms with van der Waals surface area (Å²) in [6.45, 7) is 3.37. The van der Waals surface area contributed by atoms with Crippen LogP contribution in [0.3, 0.4) is 0 Å². The van der Waals surface area contributed by atoms with E-state index >= 15 is 0 Å². The number of rotatable bonds is 5. The highest BCUT2D eigenvalue weighted by Gasteiger charge is 2.45. The van der Waals surface area contributed by atoms with Gasteiger partial charge in [-0.05, 0) is 37.4 Å². The standard InChI is InChI=1S/C17H16ClN3O3S/c1-17(2,16(19)24)8-21-10-3-4-11(18)20-13(10)12(15(21)23)14(22)9-5-6-25-7-9/h3-7,12H,8H2,1-2H3,(H2,19,24). The summed E-state index contributed by atoms with van der Waals surface area (Å²) in [6.07, 6.45) is 0. The molecule has 0 saturated carbocycles. The molecule has 1 aliphatic heterocycles. The van der Waals surface area contributed by atoms with E-state index in [0.29, 0.717) is 16.9 Å². The Bertz CT molecular complexity index is 864. The molecule has 8 heteroatoms. The molecule has 1 unspecified atom stereocenters. The number of halogens is 1. The van der Waals surface area contributed by atoms with Gasteiger partial charge in [-0.2, -0.15) is 11.3 Å². The molecule has 2 amide bonds. The molecular formula is C17H16ClN3O3S. The van der Waals surface area contributed by atoms with Crippen molar-refractivity contribution in [2.75, 3.05) is 11.4 Å². The monoisotopic (exact) mass is 377 g/mol. The number of nitrogens with zero attached hydrogens (tertiary/aromatic N) is 2. The van der Waals surface area contributed by atoms with Gasteiger partial charge in [-0.3, -0.25) is 14.4 Å². The van der Waals surface area contributed by atoms with Crippen LogP contribution in [-0.2, 0) is 9.59 Å². The lowest BCUT2D eigenvalue weighted by atomic mass is 9.91. The van der Waals surface area contributed by atoms with Crippen molar-refractivity contribution in [1.29, 1.82) is 0 Å². The lowest BCUT2D eigenvalue weighted by molar-refractivity contribution is -0.126. The van der Waals surface area contributed by atoms with Crippen molar-refractivity contribution in [2.24, 2.45) is 11.1 Å². The molecule has 3 rings (SSSR count). The van der Waals surface area contributed by atoms with E-state index in [9.17, 15) is 14.4 Å². The average molecular weight is 378 g/mol. The first kappa shape index (κ1) is 17.6. The van der Waals surface area contributed by atoms with Crippen LogP contribution in [0.2, 0.25) is 5.15 Å². The second-order valence-corrected chi connectivity index (χ2v) is 7.69. The van der Waals surface area contributed by atoms with E-state index in [1.54, 1.807) is 42.8 Å². The molecule has 0 spiro atoms. The van der Waals surface area contributed by atoms with Gasteiger partial charge in [0.05, 0.1) is 16.8 Å². The molecule has 0 radical (unpaired) electrons. The number of anilines is 1. The van der Waals surface area contributed by atoms with E-state index in [1.165, 1.54) is 16.2 Å². The van der Waals surface area contributed by atoms with Crippen molar-refractivity contribution in [3.63, 3.8) is 0 Å². The first-order valence-corrected chi connectivity index (χ1v) is 8.88. The fourth-order valence-corrected chi connectivity index (χ4v) is 3.52. The summed E-state index contributed by atoms with van der Waals surface area (Å²) in [7, 11) is 0. The second kappa shape index (κ2) is 6.24. The van der Waals surface area contributed by atoms with Crippen molar-refractivity contribution in [3.05, 3.63) is 45.4 Å².